The second-order valence-electron chi connectivity index (χ2n) is 4.23. The Morgan fingerprint density at radius 3 is 2.05 bits per heavy atom. The van der Waals surface area contributed by atoms with E-state index in [2.05, 4.69) is 11.6 Å². The van der Waals surface area contributed by atoms with Crippen molar-refractivity contribution in [2.45, 2.75) is 53.4 Å². The van der Waals surface area contributed by atoms with Crippen molar-refractivity contribution in [1.29, 1.82) is 0 Å². The quantitative estimate of drug-likeness (QED) is 0.407. The zero-order chi connectivity index (χ0) is 14.7. The van der Waals surface area contributed by atoms with Crippen molar-refractivity contribution in [3.05, 3.63) is 0 Å². The third-order valence-electron chi connectivity index (χ3n) is 2.65. The van der Waals surface area contributed by atoms with Gasteiger partial charge in [-0.25, -0.2) is 8.15 Å². The van der Waals surface area contributed by atoms with Crippen molar-refractivity contribution in [2.75, 3.05) is 25.9 Å². The van der Waals surface area contributed by atoms with E-state index in [1.54, 1.807) is 0 Å². The number of unbranched alkanes of at least 4 members (excludes halogenated alkanes) is 2. The lowest BCUT2D eigenvalue weighted by atomic mass is 10.4. The van der Waals surface area contributed by atoms with Crippen LogP contribution in [0.4, 0.5) is 0 Å². The molecule has 0 saturated heterocycles. The fraction of sp³-hybridized carbons (Fsp3) is 1.00. The van der Waals surface area contributed by atoms with Gasteiger partial charge in [-0.1, -0.05) is 40.5 Å². The molecule has 0 saturated carbocycles. The molecule has 0 aliphatic heterocycles. The van der Waals surface area contributed by atoms with Crippen molar-refractivity contribution >= 4 is 18.7 Å². The Hall–Kier alpha value is 0.260. The molecule has 1 atom stereocenters. The summed E-state index contributed by atoms with van der Waals surface area (Å²) in [6, 6.07) is 0. The molecule has 0 heterocycles. The van der Waals surface area contributed by atoms with Crippen molar-refractivity contribution in [3.63, 3.8) is 0 Å². The van der Waals surface area contributed by atoms with Gasteiger partial charge in [0, 0.05) is 19.3 Å². The number of nitrogens with zero attached hydrogens (tertiary/aromatic N) is 1. The molecule has 7 heteroatoms. The third-order valence-corrected chi connectivity index (χ3v) is 6.42. The van der Waals surface area contributed by atoms with Crippen molar-refractivity contribution in [1.82, 2.24) is 4.67 Å². The molecule has 0 aromatic heterocycles. The average molecular weight is 313 g/mol. The highest BCUT2D eigenvalue weighted by molar-refractivity contribution is 7.86. The first kappa shape index (κ1) is 19.3. The topological polar surface area (TPSA) is 55.8 Å². The molecule has 0 aromatic rings. The summed E-state index contributed by atoms with van der Waals surface area (Å²) in [5, 5.41) is 0. The first-order chi connectivity index (χ1) is 9.00. The number of hydrogen-bond acceptors (Lipinski definition) is 5. The van der Waals surface area contributed by atoms with E-state index in [0.717, 1.165) is 44.9 Å². The molecule has 0 spiro atoms. The molecule has 0 aliphatic rings. The molecule has 0 amide bonds. The Kier molecular flexibility index (Phi) is 11.1. The van der Waals surface area contributed by atoms with Crippen LogP contribution in [0, 0.1) is 0 Å². The molecule has 0 aromatic carbocycles. The largest absolute Gasteiger partial charge is 0.404 e. The Balaban J connectivity index is 4.51. The Morgan fingerprint density at radius 2 is 1.58 bits per heavy atom. The first-order valence-electron chi connectivity index (χ1n) is 7.12. The highest BCUT2D eigenvalue weighted by Gasteiger charge is 2.24. The molecule has 0 N–H and O–H groups in total. The van der Waals surface area contributed by atoms with E-state index in [0.29, 0.717) is 0 Å². The third kappa shape index (κ3) is 8.92. The Morgan fingerprint density at radius 1 is 1.00 bits per heavy atom. The minimum Gasteiger partial charge on any atom is -0.260 e. The van der Waals surface area contributed by atoms with Gasteiger partial charge < -0.3 is 0 Å². The molecular formula is C12H28NO4PS. The standard InChI is InChI=1S/C12H28NO4PS/c1-5-9-11-16-19(14,15)17-18(12-10-6-2)13(7-3)8-4/h5-12H2,1-4H3. The zero-order valence-electron chi connectivity index (χ0n) is 12.6. The highest BCUT2D eigenvalue weighted by Crippen LogP contribution is 2.44. The van der Waals surface area contributed by atoms with Gasteiger partial charge in [0.05, 0.1) is 6.61 Å². The van der Waals surface area contributed by atoms with Crippen LogP contribution < -0.4 is 0 Å². The maximum absolute atomic E-state index is 11.8. The number of rotatable bonds is 12. The van der Waals surface area contributed by atoms with Crippen LogP contribution >= 0.6 is 8.30 Å². The molecule has 1 unspecified atom stereocenters. The predicted molar refractivity (Wildman–Crippen MR) is 80.5 cm³/mol. The predicted octanol–water partition coefficient (Wildman–Crippen LogP) is 3.52. The summed E-state index contributed by atoms with van der Waals surface area (Å²) in [4.78, 5) is 0. The lowest BCUT2D eigenvalue weighted by Gasteiger charge is -2.27. The lowest BCUT2D eigenvalue weighted by molar-refractivity contribution is 0.268. The van der Waals surface area contributed by atoms with Crippen LogP contribution in [0.3, 0.4) is 0 Å². The monoisotopic (exact) mass is 313 g/mol. The van der Waals surface area contributed by atoms with Gasteiger partial charge in [0.1, 0.15) is 8.30 Å². The molecule has 0 fully saturated rings. The maximum atomic E-state index is 11.8. The van der Waals surface area contributed by atoms with Gasteiger partial charge in [0.15, 0.2) is 0 Å². The Labute approximate surface area is 119 Å². The summed E-state index contributed by atoms with van der Waals surface area (Å²) in [6.45, 7) is 9.88. The molecule has 0 radical (unpaired) electrons. The van der Waals surface area contributed by atoms with Gasteiger partial charge in [-0.05, 0) is 12.8 Å². The van der Waals surface area contributed by atoms with Crippen LogP contribution in [-0.4, -0.2) is 38.9 Å². The van der Waals surface area contributed by atoms with Crippen molar-refractivity contribution < 1.29 is 16.6 Å². The molecule has 19 heavy (non-hydrogen) atoms. The van der Waals surface area contributed by atoms with Crippen molar-refractivity contribution in [3.8, 4) is 0 Å². The van der Waals surface area contributed by atoms with E-state index in [1.807, 2.05) is 20.8 Å². The summed E-state index contributed by atoms with van der Waals surface area (Å²) in [6.07, 6.45) is 4.38. The fourth-order valence-electron chi connectivity index (χ4n) is 1.49. The lowest BCUT2D eigenvalue weighted by Crippen LogP contribution is -2.22. The van der Waals surface area contributed by atoms with E-state index in [4.69, 9.17) is 8.15 Å². The molecule has 0 aliphatic carbocycles. The summed E-state index contributed by atoms with van der Waals surface area (Å²) in [5.41, 5.74) is 0. The summed E-state index contributed by atoms with van der Waals surface area (Å²) < 4.78 is 35.7. The van der Waals surface area contributed by atoms with Crippen LogP contribution in [0.2, 0.25) is 0 Å². The normalized spacial score (nSPS) is 13.9. The van der Waals surface area contributed by atoms with Crippen LogP contribution in [0.25, 0.3) is 0 Å². The van der Waals surface area contributed by atoms with Gasteiger partial charge >= 0.3 is 10.4 Å². The van der Waals surface area contributed by atoms with E-state index >= 15 is 0 Å². The summed E-state index contributed by atoms with van der Waals surface area (Å²) in [5.74, 6) is 0. The SMILES string of the molecule is CCCCOS(=O)(=O)OP(CCCC)N(CC)CC. The van der Waals surface area contributed by atoms with E-state index in [9.17, 15) is 8.42 Å². The van der Waals surface area contributed by atoms with E-state index < -0.39 is 18.7 Å². The van der Waals surface area contributed by atoms with Crippen molar-refractivity contribution in [2.24, 2.45) is 0 Å². The smallest absolute Gasteiger partial charge is 0.260 e. The zero-order valence-corrected chi connectivity index (χ0v) is 14.3. The van der Waals surface area contributed by atoms with Crippen LogP contribution in [0.1, 0.15) is 53.4 Å². The van der Waals surface area contributed by atoms with E-state index in [1.165, 1.54) is 0 Å². The molecule has 0 rings (SSSR count). The second-order valence-corrected chi connectivity index (χ2v) is 7.59. The second kappa shape index (κ2) is 11.0. The van der Waals surface area contributed by atoms with Gasteiger partial charge in [-0.15, -0.1) is 0 Å². The van der Waals surface area contributed by atoms with Gasteiger partial charge in [0.2, 0.25) is 0 Å². The first-order valence-corrected chi connectivity index (χ1v) is 9.85. The van der Waals surface area contributed by atoms with Gasteiger partial charge in [-0.2, -0.15) is 8.42 Å². The number of hydrogen-bond donors (Lipinski definition) is 0. The highest BCUT2D eigenvalue weighted by atomic mass is 32.3. The van der Waals surface area contributed by atoms with Crippen LogP contribution in [-0.2, 0) is 18.6 Å². The maximum Gasteiger partial charge on any atom is 0.404 e. The fourth-order valence-corrected chi connectivity index (χ4v) is 5.00. The molecule has 0 bridgehead atoms. The van der Waals surface area contributed by atoms with Gasteiger partial charge in [-0.3, -0.25) is 4.67 Å². The Bertz CT molecular complexity index is 307. The van der Waals surface area contributed by atoms with Crippen LogP contribution in [0.5, 0.6) is 0 Å². The minimum absolute atomic E-state index is 0.202. The van der Waals surface area contributed by atoms with Gasteiger partial charge in [0.25, 0.3) is 0 Å². The van der Waals surface area contributed by atoms with E-state index in [-0.39, 0.29) is 6.61 Å². The average Bonchev–Trinajstić information content (AvgIpc) is 2.37. The molecular weight excluding hydrogens is 285 g/mol. The molecule has 116 valence electrons. The summed E-state index contributed by atoms with van der Waals surface area (Å²) >= 11 is 0. The summed E-state index contributed by atoms with van der Waals surface area (Å²) in [7, 11) is -4.98. The minimum atomic E-state index is -3.86. The van der Waals surface area contributed by atoms with Crippen LogP contribution in [0.15, 0.2) is 0 Å². The molecule has 5 nitrogen and oxygen atoms in total.